The molecule has 1 fully saturated rings. The van der Waals surface area contributed by atoms with Crippen molar-refractivity contribution in [2.24, 2.45) is 0 Å². The van der Waals surface area contributed by atoms with Gasteiger partial charge in [-0.15, -0.1) is 11.3 Å². The van der Waals surface area contributed by atoms with E-state index in [2.05, 4.69) is 15.5 Å². The summed E-state index contributed by atoms with van der Waals surface area (Å²) in [5.41, 5.74) is 1.46. The number of aromatic nitrogens is 2. The summed E-state index contributed by atoms with van der Waals surface area (Å²) < 4.78 is 10.8. The van der Waals surface area contributed by atoms with Crippen LogP contribution in [0.15, 0.2) is 40.2 Å². The highest BCUT2D eigenvalue weighted by atomic mass is 35.5. The van der Waals surface area contributed by atoms with Crippen molar-refractivity contribution in [1.29, 1.82) is 0 Å². The summed E-state index contributed by atoms with van der Waals surface area (Å²) in [7, 11) is 0. The topological polar surface area (TPSA) is 77.3 Å². The number of anilines is 1. The highest BCUT2D eigenvalue weighted by Gasteiger charge is 2.25. The van der Waals surface area contributed by atoms with Crippen LogP contribution in [-0.4, -0.2) is 28.8 Å². The average molecular weight is 376 g/mol. The van der Waals surface area contributed by atoms with Gasteiger partial charge in [-0.2, -0.15) is 4.98 Å². The summed E-state index contributed by atoms with van der Waals surface area (Å²) >= 11 is 7.32. The van der Waals surface area contributed by atoms with E-state index in [1.165, 1.54) is 11.3 Å². The van der Waals surface area contributed by atoms with Gasteiger partial charge in [-0.1, -0.05) is 16.8 Å². The molecule has 3 heterocycles. The fraction of sp³-hybridized carbons (Fsp3) is 0.235. The summed E-state index contributed by atoms with van der Waals surface area (Å²) in [6, 6.07) is 9.01. The predicted octanol–water partition coefficient (Wildman–Crippen LogP) is 4.24. The van der Waals surface area contributed by atoms with Gasteiger partial charge in [0.15, 0.2) is 0 Å². The van der Waals surface area contributed by atoms with Crippen LogP contribution in [0, 0.1) is 0 Å². The van der Waals surface area contributed by atoms with Gasteiger partial charge in [0.2, 0.25) is 5.82 Å². The van der Waals surface area contributed by atoms with Crippen LogP contribution in [0.1, 0.15) is 12.8 Å². The first-order valence-corrected chi connectivity index (χ1v) is 9.06. The standard InChI is InChI=1S/C17H14ClN3O3S/c18-11-5-3-10(4-6-11)15-20-17(24-21-15)14-12(7-9-25-14)19-16(22)13-2-1-8-23-13/h3-7,9,13H,1-2,8H2,(H,19,22)/t13-/m1/s1. The molecule has 128 valence electrons. The Morgan fingerprint density at radius 1 is 1.28 bits per heavy atom. The van der Waals surface area contributed by atoms with E-state index in [1.54, 1.807) is 12.1 Å². The van der Waals surface area contributed by atoms with Gasteiger partial charge in [0.05, 0.1) is 5.69 Å². The molecule has 1 amide bonds. The number of halogens is 1. The third kappa shape index (κ3) is 3.44. The van der Waals surface area contributed by atoms with E-state index < -0.39 is 0 Å². The van der Waals surface area contributed by atoms with Crippen molar-refractivity contribution in [3.63, 3.8) is 0 Å². The van der Waals surface area contributed by atoms with Gasteiger partial charge in [-0.05, 0) is 48.6 Å². The number of carbonyl (C=O) groups is 1. The lowest BCUT2D eigenvalue weighted by Crippen LogP contribution is -2.26. The van der Waals surface area contributed by atoms with Crippen molar-refractivity contribution in [2.75, 3.05) is 11.9 Å². The maximum atomic E-state index is 12.2. The molecule has 0 radical (unpaired) electrons. The molecule has 1 N–H and O–H groups in total. The number of hydrogen-bond acceptors (Lipinski definition) is 6. The van der Waals surface area contributed by atoms with E-state index in [9.17, 15) is 4.79 Å². The Balaban J connectivity index is 1.56. The number of thiophene rings is 1. The number of amides is 1. The van der Waals surface area contributed by atoms with E-state index >= 15 is 0 Å². The molecule has 0 unspecified atom stereocenters. The lowest BCUT2D eigenvalue weighted by Gasteiger charge is -2.09. The van der Waals surface area contributed by atoms with Crippen molar-refractivity contribution >= 4 is 34.5 Å². The van der Waals surface area contributed by atoms with Crippen LogP contribution in [0.3, 0.4) is 0 Å². The molecular weight excluding hydrogens is 362 g/mol. The monoisotopic (exact) mass is 375 g/mol. The normalized spacial score (nSPS) is 16.9. The van der Waals surface area contributed by atoms with Crippen LogP contribution in [0.25, 0.3) is 22.2 Å². The Bertz CT molecular complexity index is 885. The van der Waals surface area contributed by atoms with Gasteiger partial charge in [0, 0.05) is 17.2 Å². The Morgan fingerprint density at radius 3 is 2.88 bits per heavy atom. The molecule has 3 aromatic rings. The molecule has 25 heavy (non-hydrogen) atoms. The SMILES string of the molecule is O=C(Nc1ccsc1-c1nc(-c2ccc(Cl)cc2)no1)[C@H]1CCCO1. The molecule has 1 aliphatic heterocycles. The number of nitrogens with zero attached hydrogens (tertiary/aromatic N) is 2. The zero-order valence-electron chi connectivity index (χ0n) is 13.1. The molecule has 1 atom stereocenters. The minimum atomic E-state index is -0.389. The lowest BCUT2D eigenvalue weighted by atomic mass is 10.2. The number of hydrogen-bond donors (Lipinski definition) is 1. The summed E-state index contributed by atoms with van der Waals surface area (Å²) in [5.74, 6) is 0.689. The van der Waals surface area contributed by atoms with Gasteiger partial charge in [-0.25, -0.2) is 0 Å². The van der Waals surface area contributed by atoms with Gasteiger partial charge < -0.3 is 14.6 Å². The van der Waals surface area contributed by atoms with Crippen LogP contribution in [-0.2, 0) is 9.53 Å². The molecule has 1 aliphatic rings. The van der Waals surface area contributed by atoms with Gasteiger partial charge in [-0.3, -0.25) is 4.79 Å². The third-order valence-corrected chi connectivity index (χ3v) is 5.02. The lowest BCUT2D eigenvalue weighted by molar-refractivity contribution is -0.124. The number of carbonyl (C=O) groups excluding carboxylic acids is 1. The van der Waals surface area contributed by atoms with E-state index in [-0.39, 0.29) is 12.0 Å². The molecule has 1 aromatic carbocycles. The Morgan fingerprint density at radius 2 is 2.12 bits per heavy atom. The van der Waals surface area contributed by atoms with Gasteiger partial charge in [0.25, 0.3) is 11.8 Å². The van der Waals surface area contributed by atoms with Crippen LogP contribution in [0.5, 0.6) is 0 Å². The van der Waals surface area contributed by atoms with E-state index in [4.69, 9.17) is 20.9 Å². The summed E-state index contributed by atoms with van der Waals surface area (Å²) in [6.07, 6.45) is 1.26. The molecule has 0 spiro atoms. The maximum Gasteiger partial charge on any atom is 0.270 e. The first-order chi connectivity index (χ1) is 12.2. The second kappa shape index (κ2) is 6.95. The quantitative estimate of drug-likeness (QED) is 0.738. The largest absolute Gasteiger partial charge is 0.368 e. The van der Waals surface area contributed by atoms with Crippen molar-refractivity contribution < 1.29 is 14.1 Å². The van der Waals surface area contributed by atoms with Crippen LogP contribution < -0.4 is 5.32 Å². The predicted molar refractivity (Wildman–Crippen MR) is 95.7 cm³/mol. The second-order valence-electron chi connectivity index (χ2n) is 5.58. The van der Waals surface area contributed by atoms with Crippen molar-refractivity contribution in [1.82, 2.24) is 10.1 Å². The highest BCUT2D eigenvalue weighted by molar-refractivity contribution is 7.14. The van der Waals surface area contributed by atoms with E-state index in [1.807, 2.05) is 23.6 Å². The third-order valence-electron chi connectivity index (χ3n) is 3.87. The van der Waals surface area contributed by atoms with Crippen molar-refractivity contribution in [2.45, 2.75) is 18.9 Å². The van der Waals surface area contributed by atoms with Gasteiger partial charge in [0.1, 0.15) is 11.0 Å². The average Bonchev–Trinajstić information content (AvgIpc) is 3.36. The first-order valence-electron chi connectivity index (χ1n) is 7.81. The first kappa shape index (κ1) is 16.3. The molecule has 2 aromatic heterocycles. The number of nitrogens with one attached hydrogen (secondary N) is 1. The molecule has 6 nitrogen and oxygen atoms in total. The Labute approximate surface area is 152 Å². The molecule has 4 rings (SSSR count). The zero-order chi connectivity index (χ0) is 17.2. The Kier molecular flexibility index (Phi) is 4.52. The molecule has 0 bridgehead atoms. The fourth-order valence-corrected chi connectivity index (χ4v) is 3.50. The summed E-state index contributed by atoms with van der Waals surface area (Å²) in [6.45, 7) is 0.628. The molecule has 1 saturated heterocycles. The smallest absolute Gasteiger partial charge is 0.270 e. The molecule has 8 heteroatoms. The molecule has 0 saturated carbocycles. The fourth-order valence-electron chi connectivity index (χ4n) is 2.60. The number of benzene rings is 1. The minimum absolute atomic E-state index is 0.144. The van der Waals surface area contributed by atoms with Crippen LogP contribution >= 0.6 is 22.9 Å². The summed E-state index contributed by atoms with van der Waals surface area (Å²) in [4.78, 5) is 17.4. The highest BCUT2D eigenvalue weighted by Crippen LogP contribution is 2.34. The number of ether oxygens (including phenoxy) is 1. The number of rotatable bonds is 4. The minimum Gasteiger partial charge on any atom is -0.368 e. The van der Waals surface area contributed by atoms with E-state index in [0.717, 1.165) is 23.3 Å². The zero-order valence-corrected chi connectivity index (χ0v) is 14.6. The van der Waals surface area contributed by atoms with Crippen LogP contribution in [0.2, 0.25) is 5.02 Å². The second-order valence-corrected chi connectivity index (χ2v) is 6.94. The van der Waals surface area contributed by atoms with E-state index in [0.29, 0.717) is 29.0 Å². The molecular formula is C17H14ClN3O3S. The molecule has 0 aliphatic carbocycles. The Hall–Kier alpha value is -2.22. The van der Waals surface area contributed by atoms with Gasteiger partial charge >= 0.3 is 0 Å². The van der Waals surface area contributed by atoms with Crippen molar-refractivity contribution in [3.8, 4) is 22.2 Å². The maximum absolute atomic E-state index is 12.2. The summed E-state index contributed by atoms with van der Waals surface area (Å²) in [5, 5.41) is 9.41. The van der Waals surface area contributed by atoms with Crippen LogP contribution in [0.4, 0.5) is 5.69 Å². The van der Waals surface area contributed by atoms with Crippen molar-refractivity contribution in [3.05, 3.63) is 40.7 Å².